The number of allylic oxidation sites excluding steroid dienone is 5. The standard InChI is InChI=1S/C66H68N2O4/c1-8-67-58-23-17-16-22-54(58)56-35-50(25-28-59(56)67)62-44(4)31-48(32-45(62)5)37-65(52-18-12-10-13-19-52)69-39-64(40-70-65)41-71-66(72-42-64,53-20-14-11-15-21-53)38-49-33-46(6)63(47(7)34-49)51-26-29-60-57(36-51)55-27-24-43(3)30-61(55)68(60)9-2/h10-28,31-36,43,60H,8-9,29-30,37-42H2,1-7H3. The highest BCUT2D eigenvalue weighted by Gasteiger charge is 2.52. The number of hydrogen-bond acceptors (Lipinski definition) is 5. The molecule has 0 amide bonds. The Labute approximate surface area is 426 Å². The Morgan fingerprint density at radius 1 is 0.583 bits per heavy atom. The molecule has 0 N–H and O–H groups in total. The van der Waals surface area contributed by atoms with Crippen LogP contribution in [-0.2, 0) is 49.9 Å². The lowest BCUT2D eigenvalue weighted by Gasteiger charge is -2.51. The quantitative estimate of drug-likeness (QED) is 0.137. The van der Waals surface area contributed by atoms with Crippen LogP contribution >= 0.6 is 0 Å². The summed E-state index contributed by atoms with van der Waals surface area (Å²) in [5.74, 6) is -1.35. The molecular weight excluding hydrogens is 885 g/mol. The van der Waals surface area contributed by atoms with Crippen molar-refractivity contribution in [3.05, 3.63) is 219 Å². The second-order valence-corrected chi connectivity index (χ2v) is 21.6. The number of benzene rings is 6. The minimum absolute atomic E-state index is 0.433. The molecule has 0 radical (unpaired) electrons. The molecule has 1 aromatic heterocycles. The van der Waals surface area contributed by atoms with Crippen molar-refractivity contribution in [1.82, 2.24) is 9.47 Å². The van der Waals surface area contributed by atoms with E-state index >= 15 is 0 Å². The first-order chi connectivity index (χ1) is 35.0. The average Bonchev–Trinajstić information content (AvgIpc) is 3.88. The maximum Gasteiger partial charge on any atom is 0.198 e. The average molecular weight is 953 g/mol. The van der Waals surface area contributed by atoms with Crippen LogP contribution in [0.5, 0.6) is 0 Å². The molecule has 7 aromatic rings. The van der Waals surface area contributed by atoms with Crippen molar-refractivity contribution >= 4 is 27.4 Å². The third-order valence-corrected chi connectivity index (χ3v) is 16.6. The number of aromatic nitrogens is 1. The van der Waals surface area contributed by atoms with Crippen LogP contribution in [0.1, 0.15) is 83.7 Å². The van der Waals surface area contributed by atoms with Crippen molar-refractivity contribution in [2.45, 2.75) is 98.3 Å². The Kier molecular flexibility index (Phi) is 11.9. The third kappa shape index (κ3) is 7.94. The summed E-state index contributed by atoms with van der Waals surface area (Å²) in [4.78, 5) is 2.65. The molecule has 2 aliphatic carbocycles. The zero-order valence-electron chi connectivity index (χ0n) is 43.2. The van der Waals surface area contributed by atoms with Crippen LogP contribution in [0, 0.1) is 39.0 Å². The van der Waals surface area contributed by atoms with Gasteiger partial charge < -0.3 is 28.4 Å². The van der Waals surface area contributed by atoms with Gasteiger partial charge in [-0.1, -0.05) is 134 Å². The summed E-state index contributed by atoms with van der Waals surface area (Å²) in [6, 6.07) is 46.5. The molecule has 6 heteroatoms. The van der Waals surface area contributed by atoms with E-state index in [1.54, 1.807) is 0 Å². The number of rotatable bonds is 10. The molecule has 12 rings (SSSR count). The number of likely N-dealkylation sites (N-methyl/N-ethyl adjacent to an activating group) is 1. The van der Waals surface area contributed by atoms with Crippen molar-refractivity contribution < 1.29 is 18.9 Å². The maximum absolute atomic E-state index is 7.12. The fraction of sp³-hybridized carbons (Fsp3) is 0.333. The van der Waals surface area contributed by atoms with Gasteiger partial charge in [-0.2, -0.15) is 0 Å². The zero-order valence-corrected chi connectivity index (χ0v) is 43.2. The molecule has 4 heterocycles. The highest BCUT2D eigenvalue weighted by molar-refractivity contribution is 6.09. The van der Waals surface area contributed by atoms with E-state index in [1.165, 1.54) is 94.3 Å². The predicted octanol–water partition coefficient (Wildman–Crippen LogP) is 14.6. The van der Waals surface area contributed by atoms with E-state index in [0.717, 1.165) is 37.1 Å². The predicted molar refractivity (Wildman–Crippen MR) is 293 cm³/mol. The van der Waals surface area contributed by atoms with E-state index in [0.29, 0.717) is 51.2 Å². The zero-order chi connectivity index (χ0) is 49.4. The van der Waals surface area contributed by atoms with E-state index in [1.807, 2.05) is 0 Å². The van der Waals surface area contributed by atoms with Crippen LogP contribution < -0.4 is 0 Å². The van der Waals surface area contributed by atoms with Crippen molar-refractivity contribution in [2.24, 2.45) is 11.3 Å². The van der Waals surface area contributed by atoms with Crippen LogP contribution in [-0.4, -0.2) is 48.5 Å². The Morgan fingerprint density at radius 2 is 1.12 bits per heavy atom. The SMILES string of the molecule is CCN1C2=C(C=CC(C)C2)C2=CC(c3c(C)cc(CC4(c5ccccc5)OCC5(CO4)COC(Cc4cc(C)c(-c6ccc7c(c6)c6ccccc6n7CC)c(C)c4)(c4ccccc4)OC5)cc3C)=CCC21. The van der Waals surface area contributed by atoms with Crippen molar-refractivity contribution in [3.63, 3.8) is 0 Å². The van der Waals surface area contributed by atoms with Gasteiger partial charge >= 0.3 is 0 Å². The Hall–Kier alpha value is -6.28. The first kappa shape index (κ1) is 46.8. The summed E-state index contributed by atoms with van der Waals surface area (Å²) < 4.78 is 30.9. The van der Waals surface area contributed by atoms with Gasteiger partial charge in [0, 0.05) is 64.6 Å². The molecule has 2 fully saturated rings. The summed E-state index contributed by atoms with van der Waals surface area (Å²) in [6.45, 7) is 19.6. The van der Waals surface area contributed by atoms with Gasteiger partial charge in [0.1, 0.15) is 0 Å². The van der Waals surface area contributed by atoms with E-state index in [-0.39, 0.29) is 0 Å². The van der Waals surface area contributed by atoms with Gasteiger partial charge in [0.25, 0.3) is 0 Å². The van der Waals surface area contributed by atoms with Crippen molar-refractivity contribution in [2.75, 3.05) is 33.0 Å². The number of para-hydroxylation sites is 1. The molecule has 1 spiro atoms. The van der Waals surface area contributed by atoms with Gasteiger partial charge in [-0.05, 0) is 151 Å². The van der Waals surface area contributed by atoms with Crippen LogP contribution in [0.4, 0.5) is 0 Å². The maximum atomic E-state index is 7.12. The number of ether oxygens (including phenoxy) is 4. The molecule has 2 saturated heterocycles. The summed E-state index contributed by atoms with van der Waals surface area (Å²) in [5, 5.41) is 2.59. The largest absolute Gasteiger partial charge is 0.367 e. The number of nitrogens with zero attached hydrogens (tertiary/aromatic N) is 2. The topological polar surface area (TPSA) is 45.1 Å². The lowest BCUT2D eigenvalue weighted by atomic mass is 9.83. The molecule has 366 valence electrons. The molecule has 0 saturated carbocycles. The van der Waals surface area contributed by atoms with Gasteiger partial charge in [0.05, 0.1) is 37.9 Å². The highest BCUT2D eigenvalue weighted by Crippen LogP contribution is 2.48. The van der Waals surface area contributed by atoms with E-state index in [9.17, 15) is 0 Å². The molecule has 6 aromatic carbocycles. The molecule has 6 nitrogen and oxygen atoms in total. The molecule has 72 heavy (non-hydrogen) atoms. The smallest absolute Gasteiger partial charge is 0.198 e. The van der Waals surface area contributed by atoms with Gasteiger partial charge in [0.2, 0.25) is 0 Å². The normalized spacial score (nSPS) is 25.0. The van der Waals surface area contributed by atoms with E-state index in [4.69, 9.17) is 18.9 Å². The van der Waals surface area contributed by atoms with Crippen molar-refractivity contribution in [3.8, 4) is 11.1 Å². The molecule has 2 atom stereocenters. The first-order valence-electron chi connectivity index (χ1n) is 26.5. The Bertz CT molecular complexity index is 3310. The molecule has 2 unspecified atom stereocenters. The summed E-state index contributed by atoms with van der Waals surface area (Å²) >= 11 is 0. The van der Waals surface area contributed by atoms with Crippen molar-refractivity contribution in [1.29, 1.82) is 0 Å². The van der Waals surface area contributed by atoms with Gasteiger partial charge in [0.15, 0.2) is 11.6 Å². The van der Waals surface area contributed by atoms with E-state index in [2.05, 4.69) is 210 Å². The summed E-state index contributed by atoms with van der Waals surface area (Å²) in [7, 11) is 0. The molecule has 0 bridgehead atoms. The fourth-order valence-electron chi connectivity index (χ4n) is 13.2. The Balaban J connectivity index is 0.787. The van der Waals surface area contributed by atoms with Gasteiger partial charge in [-0.3, -0.25) is 0 Å². The monoisotopic (exact) mass is 953 g/mol. The second kappa shape index (κ2) is 18.3. The van der Waals surface area contributed by atoms with E-state index < -0.39 is 17.0 Å². The third-order valence-electron chi connectivity index (χ3n) is 16.6. The molecule has 5 aliphatic rings. The minimum Gasteiger partial charge on any atom is -0.367 e. The lowest BCUT2D eigenvalue weighted by molar-refractivity contribution is -0.376. The summed E-state index contributed by atoms with van der Waals surface area (Å²) in [6.07, 6.45) is 13.1. The Morgan fingerprint density at radius 3 is 1.69 bits per heavy atom. The van der Waals surface area contributed by atoms with Gasteiger partial charge in [-0.15, -0.1) is 0 Å². The van der Waals surface area contributed by atoms with Crippen LogP contribution in [0.2, 0.25) is 0 Å². The number of hydrogen-bond donors (Lipinski definition) is 0. The number of aryl methyl sites for hydroxylation is 5. The van der Waals surface area contributed by atoms with Crippen LogP contribution in [0.15, 0.2) is 169 Å². The van der Waals surface area contributed by atoms with Gasteiger partial charge in [-0.25, -0.2) is 0 Å². The minimum atomic E-state index is -0.971. The summed E-state index contributed by atoms with van der Waals surface area (Å²) in [5.41, 5.74) is 21.2. The highest BCUT2D eigenvalue weighted by atomic mass is 16.7. The second-order valence-electron chi connectivity index (χ2n) is 21.6. The van der Waals surface area contributed by atoms with Crippen LogP contribution in [0.25, 0.3) is 38.5 Å². The lowest BCUT2D eigenvalue weighted by Crippen LogP contribution is -2.58. The first-order valence-corrected chi connectivity index (χ1v) is 26.5. The van der Waals surface area contributed by atoms with Crippen LogP contribution in [0.3, 0.4) is 0 Å². The molecule has 3 aliphatic heterocycles. The molecular formula is C66H68N2O4. The number of fused-ring (bicyclic) bond motifs is 5. The fourth-order valence-corrected chi connectivity index (χ4v) is 13.2.